The van der Waals surface area contributed by atoms with E-state index in [1.165, 1.54) is 24.3 Å². The van der Waals surface area contributed by atoms with Crippen LogP contribution in [0.5, 0.6) is 23.0 Å². The Labute approximate surface area is 182 Å². The Hall–Kier alpha value is -4.04. The molecule has 0 spiro atoms. The van der Waals surface area contributed by atoms with E-state index >= 15 is 0 Å². The fourth-order valence-electron chi connectivity index (χ4n) is 4.44. The highest BCUT2D eigenvalue weighted by molar-refractivity contribution is 6.26. The Kier molecular flexibility index (Phi) is 4.82. The number of ether oxygens (including phenoxy) is 1. The van der Waals surface area contributed by atoms with Crippen molar-refractivity contribution in [2.45, 2.75) is 12.8 Å². The first-order chi connectivity index (χ1) is 15.2. The van der Waals surface area contributed by atoms with E-state index in [9.17, 15) is 30.0 Å². The minimum Gasteiger partial charge on any atom is -0.507 e. The van der Waals surface area contributed by atoms with Crippen molar-refractivity contribution in [1.29, 1.82) is 0 Å². The molecule has 164 valence electrons. The molecule has 0 amide bonds. The maximum atomic E-state index is 13.2. The third kappa shape index (κ3) is 2.59. The average Bonchev–Trinajstić information content (AvgIpc) is 2.77. The van der Waals surface area contributed by atoms with Crippen molar-refractivity contribution in [3.8, 4) is 23.0 Å². The molecule has 1 aliphatic heterocycles. The normalized spacial score (nSPS) is 16.5. The van der Waals surface area contributed by atoms with Crippen molar-refractivity contribution in [1.82, 2.24) is 0 Å². The number of benzene rings is 3. The van der Waals surface area contributed by atoms with Crippen LogP contribution in [0.2, 0.25) is 0 Å². The Bertz CT molecular complexity index is 1350. The molecule has 0 radical (unpaired) electrons. The third-order valence-electron chi connectivity index (χ3n) is 5.85. The Morgan fingerprint density at radius 1 is 0.906 bits per heavy atom. The predicted molar refractivity (Wildman–Crippen MR) is 115 cm³/mol. The van der Waals surface area contributed by atoms with Crippen molar-refractivity contribution < 1.29 is 39.9 Å². The smallest absolute Gasteiger partial charge is 0.339 e. The van der Waals surface area contributed by atoms with Crippen molar-refractivity contribution in [3.05, 3.63) is 64.2 Å². The summed E-state index contributed by atoms with van der Waals surface area (Å²) in [5.41, 5.74) is 0.443. The number of phenols is 4. The number of cyclic esters (lactones) is 1. The van der Waals surface area contributed by atoms with Gasteiger partial charge in [0.05, 0.1) is 23.1 Å². The maximum absolute atomic E-state index is 13.2. The highest BCUT2D eigenvalue weighted by Gasteiger charge is 2.38. The molecular weight excluding hydrogens is 416 g/mol. The molecule has 0 fully saturated rings. The molecule has 2 aliphatic rings. The monoisotopic (exact) mass is 436 g/mol. The molecule has 3 aromatic carbocycles. The van der Waals surface area contributed by atoms with Crippen molar-refractivity contribution >= 4 is 28.1 Å². The molecule has 5 N–H and O–H groups in total. The van der Waals surface area contributed by atoms with Crippen LogP contribution < -0.4 is 0 Å². The van der Waals surface area contributed by atoms with Gasteiger partial charge in [-0.3, -0.25) is 4.79 Å². The number of carbonyl (C=O) groups excluding carboxylic acids is 2. The number of hydrogen-bond acceptors (Lipinski definition) is 8. The van der Waals surface area contributed by atoms with Crippen LogP contribution in [0.15, 0.2) is 30.8 Å². The second-order valence-corrected chi connectivity index (χ2v) is 7.56. The molecule has 0 bridgehead atoms. The summed E-state index contributed by atoms with van der Waals surface area (Å²) in [6.45, 7) is 5.79. The summed E-state index contributed by atoms with van der Waals surface area (Å²) in [6, 6.07) is 5.69. The summed E-state index contributed by atoms with van der Waals surface area (Å²) < 4.78 is 5.17. The Morgan fingerprint density at radius 2 is 1.56 bits per heavy atom. The third-order valence-corrected chi connectivity index (χ3v) is 5.85. The van der Waals surface area contributed by atoms with E-state index in [0.717, 1.165) is 7.11 Å². The molecule has 8 heteroatoms. The van der Waals surface area contributed by atoms with Crippen LogP contribution in [0.1, 0.15) is 55.8 Å². The van der Waals surface area contributed by atoms with Gasteiger partial charge in [0.1, 0.15) is 23.0 Å². The summed E-state index contributed by atoms with van der Waals surface area (Å²) in [5, 5.41) is 49.7. The summed E-state index contributed by atoms with van der Waals surface area (Å²) >= 11 is 0. The van der Waals surface area contributed by atoms with Gasteiger partial charge >= 0.3 is 5.97 Å². The van der Waals surface area contributed by atoms with Crippen molar-refractivity contribution in [2.75, 3.05) is 13.7 Å². The summed E-state index contributed by atoms with van der Waals surface area (Å²) in [4.78, 5) is 25.8. The van der Waals surface area contributed by atoms with Gasteiger partial charge in [-0.2, -0.15) is 0 Å². The molecular formula is C24H20O8. The number of aromatic hydroxyl groups is 4. The van der Waals surface area contributed by atoms with Gasteiger partial charge in [-0.1, -0.05) is 25.6 Å². The standard InChI is InChI=1S/C23H16O7.CH4O/c1-8-7-30-23(29)16-11(8)6-13(25)17-18(16)22(28)19-15(21(17)27)9(2)14-10(20(19)26)4-3-5-12(14)24;1-2/h3-6,8,24-25,27-28H,2,7H2,1H3;2H,1H3. The molecule has 0 aromatic heterocycles. The minimum atomic E-state index is -0.720. The number of hydrogen-bond donors (Lipinski definition) is 5. The SMILES string of the molecule is C=C1c2c(O)cccc2C(=O)c2c1c(O)c1c(O)cc3c(c1c2O)C(=O)OCC3C.CO. The van der Waals surface area contributed by atoms with E-state index in [1.54, 1.807) is 6.92 Å². The molecule has 0 saturated heterocycles. The molecule has 1 atom stereocenters. The Balaban J connectivity index is 0.00000119. The van der Waals surface area contributed by atoms with Gasteiger partial charge in [0.25, 0.3) is 0 Å². The first-order valence-corrected chi connectivity index (χ1v) is 9.69. The zero-order chi connectivity index (χ0) is 23.5. The molecule has 8 nitrogen and oxygen atoms in total. The first kappa shape index (κ1) is 21.2. The van der Waals surface area contributed by atoms with Gasteiger partial charge < -0.3 is 30.3 Å². The summed E-state index contributed by atoms with van der Waals surface area (Å²) in [5.74, 6) is -3.26. The highest BCUT2D eigenvalue weighted by atomic mass is 16.5. The van der Waals surface area contributed by atoms with Crippen molar-refractivity contribution in [2.24, 2.45) is 0 Å². The molecule has 1 unspecified atom stereocenters. The van der Waals surface area contributed by atoms with Crippen molar-refractivity contribution in [3.63, 3.8) is 0 Å². The lowest BCUT2D eigenvalue weighted by Crippen LogP contribution is -2.22. The molecule has 0 saturated carbocycles. The number of esters is 1. The number of aliphatic hydroxyl groups is 1. The maximum Gasteiger partial charge on any atom is 0.339 e. The molecule has 1 aliphatic carbocycles. The zero-order valence-corrected chi connectivity index (χ0v) is 17.3. The van der Waals surface area contributed by atoms with Crippen LogP contribution in [-0.2, 0) is 4.74 Å². The predicted octanol–water partition coefficient (Wildman–Crippen LogP) is 3.15. The Morgan fingerprint density at radius 3 is 2.25 bits per heavy atom. The first-order valence-electron chi connectivity index (χ1n) is 9.69. The molecule has 3 aromatic rings. The fraction of sp³-hybridized carbons (Fsp3) is 0.167. The summed E-state index contributed by atoms with van der Waals surface area (Å²) in [6.07, 6.45) is 0. The van der Waals surface area contributed by atoms with Crippen LogP contribution in [0.3, 0.4) is 0 Å². The minimum absolute atomic E-state index is 0.00253. The van der Waals surface area contributed by atoms with Crippen LogP contribution in [0, 0.1) is 0 Å². The molecule has 32 heavy (non-hydrogen) atoms. The molecule has 5 rings (SSSR count). The number of ketones is 1. The largest absolute Gasteiger partial charge is 0.507 e. The van der Waals surface area contributed by atoms with E-state index in [2.05, 4.69) is 6.58 Å². The van der Waals surface area contributed by atoms with E-state index in [0.29, 0.717) is 5.56 Å². The molecule has 1 heterocycles. The van der Waals surface area contributed by atoms with Crippen LogP contribution in [0.4, 0.5) is 0 Å². The topological polar surface area (TPSA) is 145 Å². The number of rotatable bonds is 0. The number of carbonyl (C=O) groups is 2. The van der Waals surface area contributed by atoms with E-state index in [1.807, 2.05) is 0 Å². The van der Waals surface area contributed by atoms with E-state index in [4.69, 9.17) is 9.84 Å². The number of fused-ring (bicyclic) bond motifs is 5. The van der Waals surface area contributed by atoms with Gasteiger partial charge in [-0.05, 0) is 23.3 Å². The van der Waals surface area contributed by atoms with E-state index < -0.39 is 23.3 Å². The lowest BCUT2D eigenvalue weighted by molar-refractivity contribution is 0.0451. The van der Waals surface area contributed by atoms with Crippen LogP contribution in [-0.4, -0.2) is 51.0 Å². The zero-order valence-electron chi connectivity index (χ0n) is 17.3. The van der Waals surface area contributed by atoms with Gasteiger partial charge in [0.15, 0.2) is 5.78 Å². The number of phenolic OH excluding ortho intramolecular Hbond substituents is 4. The lowest BCUT2D eigenvalue weighted by Gasteiger charge is -2.28. The van der Waals surface area contributed by atoms with Gasteiger partial charge in [0.2, 0.25) is 0 Å². The van der Waals surface area contributed by atoms with E-state index in [-0.39, 0.29) is 68.2 Å². The van der Waals surface area contributed by atoms with Gasteiger partial charge in [0, 0.05) is 35.1 Å². The second-order valence-electron chi connectivity index (χ2n) is 7.56. The highest BCUT2D eigenvalue weighted by Crippen LogP contribution is 2.53. The summed E-state index contributed by atoms with van der Waals surface area (Å²) in [7, 11) is 1.00. The average molecular weight is 436 g/mol. The fourth-order valence-corrected chi connectivity index (χ4v) is 4.44. The van der Waals surface area contributed by atoms with Gasteiger partial charge in [-0.25, -0.2) is 4.79 Å². The lowest BCUT2D eigenvalue weighted by atomic mass is 9.77. The van der Waals surface area contributed by atoms with Gasteiger partial charge in [-0.15, -0.1) is 0 Å². The van der Waals surface area contributed by atoms with Crippen LogP contribution in [0.25, 0.3) is 16.3 Å². The second kappa shape index (κ2) is 7.28. The quantitative estimate of drug-likeness (QED) is 0.209. The van der Waals surface area contributed by atoms with Crippen LogP contribution >= 0.6 is 0 Å². The number of aliphatic hydroxyl groups excluding tert-OH is 1.